The molecule has 0 radical (unpaired) electrons. The van der Waals surface area contributed by atoms with Crippen LogP contribution in [0.4, 0.5) is 4.39 Å². The number of nitrogens with one attached hydrogen (secondary N) is 1. The van der Waals surface area contributed by atoms with Crippen molar-refractivity contribution in [1.29, 1.82) is 0 Å². The standard InChI is InChI=1S/C14H11FN2O2S/c15-10-4-2-1-3-8(10)13-9(11-6-20-7-16-11)5-12(18)17-14(13)19/h1-4,6-7,9,13H,5H2,(H,17,18,19). The van der Waals surface area contributed by atoms with Gasteiger partial charge < -0.3 is 0 Å². The fourth-order valence-electron chi connectivity index (χ4n) is 2.53. The fraction of sp³-hybridized carbons (Fsp3) is 0.214. The van der Waals surface area contributed by atoms with Crippen molar-refractivity contribution in [2.45, 2.75) is 18.3 Å². The van der Waals surface area contributed by atoms with Gasteiger partial charge in [-0.1, -0.05) is 18.2 Å². The number of benzene rings is 1. The molecule has 3 rings (SSSR count). The minimum absolute atomic E-state index is 0.133. The summed E-state index contributed by atoms with van der Waals surface area (Å²) < 4.78 is 14.0. The number of hydrogen-bond acceptors (Lipinski definition) is 4. The Balaban J connectivity index is 2.07. The van der Waals surface area contributed by atoms with Crippen LogP contribution in [0.15, 0.2) is 35.2 Å². The molecule has 2 aromatic rings. The number of aromatic nitrogens is 1. The first-order valence-corrected chi connectivity index (χ1v) is 7.07. The van der Waals surface area contributed by atoms with Crippen LogP contribution in [0.2, 0.25) is 0 Å². The van der Waals surface area contributed by atoms with Gasteiger partial charge in [-0.15, -0.1) is 11.3 Å². The lowest BCUT2D eigenvalue weighted by Crippen LogP contribution is -2.43. The Kier molecular flexibility index (Phi) is 3.31. The number of carbonyl (C=O) groups is 2. The Morgan fingerprint density at radius 3 is 2.80 bits per heavy atom. The summed E-state index contributed by atoms with van der Waals surface area (Å²) in [6.07, 6.45) is 0.133. The first kappa shape index (κ1) is 12.9. The number of rotatable bonds is 2. The Morgan fingerprint density at radius 2 is 2.10 bits per heavy atom. The molecule has 4 nitrogen and oxygen atoms in total. The van der Waals surface area contributed by atoms with Crippen LogP contribution in [0.25, 0.3) is 0 Å². The highest BCUT2D eigenvalue weighted by molar-refractivity contribution is 7.07. The lowest BCUT2D eigenvalue weighted by Gasteiger charge is -2.29. The molecule has 2 heterocycles. The van der Waals surface area contributed by atoms with Gasteiger partial charge >= 0.3 is 0 Å². The molecule has 1 aliphatic rings. The summed E-state index contributed by atoms with van der Waals surface area (Å²) in [6, 6.07) is 6.15. The molecule has 0 bridgehead atoms. The van der Waals surface area contributed by atoms with E-state index in [1.54, 1.807) is 29.1 Å². The predicted octanol–water partition coefficient (Wildman–Crippen LogP) is 2.20. The van der Waals surface area contributed by atoms with Crippen molar-refractivity contribution < 1.29 is 14.0 Å². The largest absolute Gasteiger partial charge is 0.296 e. The lowest BCUT2D eigenvalue weighted by molar-refractivity contribution is -0.135. The highest BCUT2D eigenvalue weighted by Crippen LogP contribution is 2.38. The second-order valence-electron chi connectivity index (χ2n) is 4.64. The molecular formula is C14H11FN2O2S. The molecule has 1 aliphatic heterocycles. The number of piperidine rings is 1. The van der Waals surface area contributed by atoms with Gasteiger partial charge in [0.2, 0.25) is 11.8 Å². The minimum atomic E-state index is -0.726. The van der Waals surface area contributed by atoms with Gasteiger partial charge in [-0.2, -0.15) is 0 Å². The normalized spacial score (nSPS) is 22.6. The highest BCUT2D eigenvalue weighted by Gasteiger charge is 2.39. The fourth-order valence-corrected chi connectivity index (χ4v) is 3.15. The van der Waals surface area contributed by atoms with Crippen molar-refractivity contribution >= 4 is 23.2 Å². The SMILES string of the molecule is O=C1CC(c2cscn2)C(c2ccccc2F)C(=O)N1. The van der Waals surface area contributed by atoms with Gasteiger partial charge in [-0.25, -0.2) is 9.37 Å². The topological polar surface area (TPSA) is 59.1 Å². The van der Waals surface area contributed by atoms with Crippen LogP contribution in [0, 0.1) is 5.82 Å². The van der Waals surface area contributed by atoms with Crippen LogP contribution in [0.5, 0.6) is 0 Å². The smallest absolute Gasteiger partial charge is 0.234 e. The van der Waals surface area contributed by atoms with Crippen LogP contribution in [-0.2, 0) is 9.59 Å². The van der Waals surface area contributed by atoms with E-state index < -0.39 is 23.6 Å². The lowest BCUT2D eigenvalue weighted by atomic mass is 9.79. The maximum absolute atomic E-state index is 14.0. The average Bonchev–Trinajstić information content (AvgIpc) is 2.93. The average molecular weight is 290 g/mol. The van der Waals surface area contributed by atoms with Crippen molar-refractivity contribution in [3.05, 3.63) is 52.2 Å². The number of carbonyl (C=O) groups excluding carboxylic acids is 2. The van der Waals surface area contributed by atoms with Gasteiger partial charge in [-0.05, 0) is 6.07 Å². The Bertz CT molecular complexity index is 657. The third-order valence-corrected chi connectivity index (χ3v) is 4.03. The first-order chi connectivity index (χ1) is 9.66. The molecule has 0 aliphatic carbocycles. The van der Waals surface area contributed by atoms with E-state index in [2.05, 4.69) is 10.3 Å². The third-order valence-electron chi connectivity index (χ3n) is 3.42. The van der Waals surface area contributed by atoms with Crippen molar-refractivity contribution in [1.82, 2.24) is 10.3 Å². The first-order valence-electron chi connectivity index (χ1n) is 6.13. The molecule has 2 amide bonds. The van der Waals surface area contributed by atoms with E-state index in [1.165, 1.54) is 17.4 Å². The second kappa shape index (κ2) is 5.13. The highest BCUT2D eigenvalue weighted by atomic mass is 32.1. The van der Waals surface area contributed by atoms with Gasteiger partial charge in [-0.3, -0.25) is 14.9 Å². The van der Waals surface area contributed by atoms with E-state index in [0.29, 0.717) is 11.3 Å². The van der Waals surface area contributed by atoms with Crippen molar-refractivity contribution in [2.24, 2.45) is 0 Å². The molecule has 1 aromatic carbocycles. The van der Waals surface area contributed by atoms with Crippen LogP contribution >= 0.6 is 11.3 Å². The Hall–Kier alpha value is -2.08. The number of hydrogen-bond donors (Lipinski definition) is 1. The Labute approximate surface area is 118 Å². The summed E-state index contributed by atoms with van der Waals surface area (Å²) in [5, 5.41) is 4.07. The molecule has 2 atom stereocenters. The molecule has 20 heavy (non-hydrogen) atoms. The van der Waals surface area contributed by atoms with Crippen molar-refractivity contribution in [2.75, 3.05) is 0 Å². The summed E-state index contributed by atoms with van der Waals surface area (Å²) in [5.41, 5.74) is 2.60. The summed E-state index contributed by atoms with van der Waals surface area (Å²) in [7, 11) is 0. The molecule has 1 fully saturated rings. The Morgan fingerprint density at radius 1 is 1.30 bits per heavy atom. The van der Waals surface area contributed by atoms with E-state index in [9.17, 15) is 14.0 Å². The minimum Gasteiger partial charge on any atom is -0.296 e. The quantitative estimate of drug-likeness (QED) is 0.863. The number of imide groups is 1. The number of nitrogens with zero attached hydrogens (tertiary/aromatic N) is 1. The zero-order chi connectivity index (χ0) is 14.1. The predicted molar refractivity (Wildman–Crippen MR) is 71.8 cm³/mol. The van der Waals surface area contributed by atoms with Crippen molar-refractivity contribution in [3.63, 3.8) is 0 Å². The van der Waals surface area contributed by atoms with Gasteiger partial charge in [0.25, 0.3) is 0 Å². The molecule has 6 heteroatoms. The summed E-state index contributed by atoms with van der Waals surface area (Å²) in [5.74, 6) is -2.40. The third kappa shape index (κ3) is 2.22. The second-order valence-corrected chi connectivity index (χ2v) is 5.35. The van der Waals surface area contributed by atoms with E-state index in [4.69, 9.17) is 0 Å². The van der Waals surface area contributed by atoms with Crippen LogP contribution in [0.3, 0.4) is 0 Å². The number of amides is 2. The molecule has 1 saturated heterocycles. The van der Waals surface area contributed by atoms with Gasteiger partial charge in [0.1, 0.15) is 5.82 Å². The van der Waals surface area contributed by atoms with E-state index >= 15 is 0 Å². The van der Waals surface area contributed by atoms with Crippen molar-refractivity contribution in [3.8, 4) is 0 Å². The summed E-state index contributed by atoms with van der Waals surface area (Å²) in [6.45, 7) is 0. The number of thiazole rings is 1. The van der Waals surface area contributed by atoms with E-state index in [1.807, 2.05) is 0 Å². The summed E-state index contributed by atoms with van der Waals surface area (Å²) in [4.78, 5) is 27.9. The molecule has 0 saturated carbocycles. The molecule has 2 unspecified atom stereocenters. The summed E-state index contributed by atoms with van der Waals surface area (Å²) >= 11 is 1.39. The number of halogens is 1. The molecule has 102 valence electrons. The van der Waals surface area contributed by atoms with E-state index in [0.717, 1.165) is 0 Å². The van der Waals surface area contributed by atoms with Gasteiger partial charge in [0.15, 0.2) is 0 Å². The monoisotopic (exact) mass is 290 g/mol. The molecule has 1 aromatic heterocycles. The molecule has 0 spiro atoms. The van der Waals surface area contributed by atoms with Gasteiger partial charge in [0.05, 0.1) is 17.1 Å². The van der Waals surface area contributed by atoms with Crippen LogP contribution in [-0.4, -0.2) is 16.8 Å². The zero-order valence-electron chi connectivity index (χ0n) is 10.4. The van der Waals surface area contributed by atoms with Crippen LogP contribution in [0.1, 0.15) is 29.5 Å². The maximum atomic E-state index is 14.0. The maximum Gasteiger partial charge on any atom is 0.234 e. The van der Waals surface area contributed by atoms with Gasteiger partial charge in [0, 0.05) is 23.3 Å². The molecule has 1 N–H and O–H groups in total. The molecular weight excluding hydrogens is 279 g/mol. The van der Waals surface area contributed by atoms with E-state index in [-0.39, 0.29) is 12.3 Å². The van der Waals surface area contributed by atoms with Crippen LogP contribution < -0.4 is 5.32 Å². The zero-order valence-corrected chi connectivity index (χ0v) is 11.2.